The van der Waals surface area contributed by atoms with Crippen molar-refractivity contribution in [2.75, 3.05) is 5.73 Å². The first-order valence-electron chi connectivity index (χ1n) is 5.09. The summed E-state index contributed by atoms with van der Waals surface area (Å²) in [5, 5.41) is 9.60. The van der Waals surface area contributed by atoms with Gasteiger partial charge in [-0.3, -0.25) is 0 Å². The Morgan fingerprint density at radius 2 is 2.16 bits per heavy atom. The fourth-order valence-corrected chi connectivity index (χ4v) is 2.13. The Bertz CT molecular complexity index is 649. The van der Waals surface area contributed by atoms with Crippen molar-refractivity contribution in [1.29, 1.82) is 0 Å². The smallest absolute Gasteiger partial charge is 0.341 e. The zero-order valence-corrected chi connectivity index (χ0v) is 11.8. The molecule has 0 aliphatic rings. The number of anilines is 1. The lowest BCUT2D eigenvalue weighted by atomic mass is 10.2. The van der Waals surface area contributed by atoms with Crippen molar-refractivity contribution < 1.29 is 14.6 Å². The van der Waals surface area contributed by atoms with Gasteiger partial charge < -0.3 is 15.6 Å². The summed E-state index contributed by atoms with van der Waals surface area (Å²) in [5.74, 6) is -0.797. The van der Waals surface area contributed by atoms with Crippen LogP contribution < -0.4 is 10.5 Å². The van der Waals surface area contributed by atoms with E-state index in [0.29, 0.717) is 15.2 Å². The predicted octanol–water partition coefficient (Wildman–Crippen LogP) is 3.57. The molecule has 7 heteroatoms. The minimum atomic E-state index is -1.17. The van der Waals surface area contributed by atoms with Crippen LogP contribution in [-0.2, 0) is 0 Å². The Kier molecular flexibility index (Phi) is 3.92. The number of nitrogens with zero attached hydrogens (tertiary/aromatic N) is 1. The molecule has 0 aliphatic carbocycles. The number of rotatable bonds is 3. The van der Waals surface area contributed by atoms with Crippen LogP contribution >= 0.6 is 27.5 Å². The average Bonchev–Trinajstić information content (AvgIpc) is 2.34. The van der Waals surface area contributed by atoms with E-state index in [2.05, 4.69) is 20.9 Å². The lowest BCUT2D eigenvalue weighted by Gasteiger charge is -2.09. The normalized spacial score (nSPS) is 10.2. The third kappa shape index (κ3) is 3.15. The Balaban J connectivity index is 2.40. The molecule has 1 aromatic carbocycles. The maximum Gasteiger partial charge on any atom is 0.341 e. The van der Waals surface area contributed by atoms with Gasteiger partial charge >= 0.3 is 5.97 Å². The van der Waals surface area contributed by atoms with Gasteiger partial charge in [0.25, 0.3) is 0 Å². The number of carboxylic acids is 1. The number of benzene rings is 1. The van der Waals surface area contributed by atoms with Crippen molar-refractivity contribution in [3.8, 4) is 11.6 Å². The molecule has 98 valence electrons. The fraction of sp³-hybridized carbons (Fsp3) is 0. The number of aromatic nitrogens is 1. The molecular formula is C12H8BrClN2O3. The van der Waals surface area contributed by atoms with Crippen molar-refractivity contribution in [3.05, 3.63) is 45.5 Å². The van der Waals surface area contributed by atoms with Crippen molar-refractivity contribution >= 4 is 39.2 Å². The van der Waals surface area contributed by atoms with Gasteiger partial charge in [0.15, 0.2) is 0 Å². The molecule has 0 saturated carbocycles. The number of hydrogen-bond acceptors (Lipinski definition) is 4. The molecule has 0 saturated heterocycles. The van der Waals surface area contributed by atoms with Gasteiger partial charge in [-0.1, -0.05) is 11.6 Å². The van der Waals surface area contributed by atoms with Crippen molar-refractivity contribution in [3.63, 3.8) is 0 Å². The molecule has 0 aliphatic heterocycles. The highest BCUT2D eigenvalue weighted by atomic mass is 79.9. The average molecular weight is 344 g/mol. The monoisotopic (exact) mass is 342 g/mol. The molecule has 0 bridgehead atoms. The predicted molar refractivity (Wildman–Crippen MR) is 74.8 cm³/mol. The zero-order chi connectivity index (χ0) is 14.0. The number of carboxylic acid groups (broad SMARTS) is 1. The van der Waals surface area contributed by atoms with Crippen LogP contribution in [0.4, 0.5) is 5.69 Å². The van der Waals surface area contributed by atoms with Crippen molar-refractivity contribution in [2.24, 2.45) is 0 Å². The largest absolute Gasteiger partial charge is 0.477 e. The van der Waals surface area contributed by atoms with E-state index in [4.69, 9.17) is 27.2 Å². The van der Waals surface area contributed by atoms with Gasteiger partial charge in [-0.05, 0) is 40.2 Å². The number of pyridine rings is 1. The third-order valence-corrected chi connectivity index (χ3v) is 3.06. The first kappa shape index (κ1) is 13.6. The number of carbonyl (C=O) groups is 1. The lowest BCUT2D eigenvalue weighted by Crippen LogP contribution is -2.03. The molecule has 0 spiro atoms. The summed E-state index contributed by atoms with van der Waals surface area (Å²) in [4.78, 5) is 15.0. The van der Waals surface area contributed by atoms with E-state index < -0.39 is 5.97 Å². The van der Waals surface area contributed by atoms with Crippen LogP contribution in [0.3, 0.4) is 0 Å². The molecule has 0 radical (unpaired) electrons. The number of halogens is 2. The van der Waals surface area contributed by atoms with E-state index in [1.165, 1.54) is 12.3 Å². The number of aromatic carboxylic acids is 1. The number of nitrogens with two attached hydrogens (primary N) is 1. The Labute approximate surface area is 122 Å². The summed E-state index contributed by atoms with van der Waals surface area (Å²) in [6, 6.07) is 6.15. The van der Waals surface area contributed by atoms with E-state index >= 15 is 0 Å². The molecule has 1 heterocycles. The Morgan fingerprint density at radius 3 is 2.79 bits per heavy atom. The topological polar surface area (TPSA) is 85.4 Å². The quantitative estimate of drug-likeness (QED) is 0.890. The lowest BCUT2D eigenvalue weighted by molar-refractivity contribution is 0.0693. The van der Waals surface area contributed by atoms with E-state index in [1.807, 2.05) is 0 Å². The summed E-state index contributed by atoms with van der Waals surface area (Å²) in [6.07, 6.45) is 1.32. The van der Waals surface area contributed by atoms with Gasteiger partial charge in [0, 0.05) is 5.02 Å². The van der Waals surface area contributed by atoms with Gasteiger partial charge in [0.05, 0.1) is 16.4 Å². The van der Waals surface area contributed by atoms with Crippen LogP contribution in [0.5, 0.6) is 11.6 Å². The second-order valence-electron chi connectivity index (χ2n) is 3.60. The minimum absolute atomic E-state index is 0.0373. The van der Waals surface area contributed by atoms with Crippen LogP contribution in [0.1, 0.15) is 10.4 Å². The molecule has 2 rings (SSSR count). The SMILES string of the molecule is Nc1cnc(Oc2ccc(Cl)cc2Br)c(C(=O)O)c1. The van der Waals surface area contributed by atoms with E-state index in [0.717, 1.165) is 0 Å². The molecule has 0 fully saturated rings. The summed E-state index contributed by atoms with van der Waals surface area (Å²) < 4.78 is 6.05. The van der Waals surface area contributed by atoms with Gasteiger partial charge in [-0.15, -0.1) is 0 Å². The van der Waals surface area contributed by atoms with Crippen molar-refractivity contribution in [2.45, 2.75) is 0 Å². The maximum atomic E-state index is 11.1. The Morgan fingerprint density at radius 1 is 1.42 bits per heavy atom. The summed E-state index contributed by atoms with van der Waals surface area (Å²) in [5.41, 5.74) is 5.64. The summed E-state index contributed by atoms with van der Waals surface area (Å²) >= 11 is 9.08. The number of hydrogen-bond donors (Lipinski definition) is 2. The summed E-state index contributed by atoms with van der Waals surface area (Å²) in [6.45, 7) is 0. The molecule has 0 amide bonds. The molecular weight excluding hydrogens is 336 g/mol. The van der Waals surface area contributed by atoms with Crippen LogP contribution in [-0.4, -0.2) is 16.1 Å². The minimum Gasteiger partial charge on any atom is -0.477 e. The molecule has 2 aromatic rings. The molecule has 0 unspecified atom stereocenters. The fourth-order valence-electron chi connectivity index (χ4n) is 1.37. The molecule has 1 aromatic heterocycles. The third-order valence-electron chi connectivity index (χ3n) is 2.20. The second-order valence-corrected chi connectivity index (χ2v) is 4.89. The van der Waals surface area contributed by atoms with Crippen LogP contribution in [0.15, 0.2) is 34.9 Å². The van der Waals surface area contributed by atoms with E-state index in [1.54, 1.807) is 18.2 Å². The van der Waals surface area contributed by atoms with Gasteiger partial charge in [0.2, 0.25) is 5.88 Å². The first-order valence-corrected chi connectivity index (χ1v) is 6.26. The summed E-state index contributed by atoms with van der Waals surface area (Å²) in [7, 11) is 0. The van der Waals surface area contributed by atoms with Crippen molar-refractivity contribution in [1.82, 2.24) is 4.98 Å². The second kappa shape index (κ2) is 5.46. The van der Waals surface area contributed by atoms with Crippen LogP contribution in [0, 0.1) is 0 Å². The van der Waals surface area contributed by atoms with Crippen LogP contribution in [0.2, 0.25) is 5.02 Å². The van der Waals surface area contributed by atoms with Crippen LogP contribution in [0.25, 0.3) is 0 Å². The highest BCUT2D eigenvalue weighted by molar-refractivity contribution is 9.10. The molecule has 5 nitrogen and oxygen atoms in total. The van der Waals surface area contributed by atoms with E-state index in [-0.39, 0.29) is 17.1 Å². The first-order chi connectivity index (χ1) is 8.97. The molecule has 19 heavy (non-hydrogen) atoms. The zero-order valence-electron chi connectivity index (χ0n) is 9.43. The van der Waals surface area contributed by atoms with Gasteiger partial charge in [-0.25, -0.2) is 9.78 Å². The molecule has 0 atom stereocenters. The maximum absolute atomic E-state index is 11.1. The standard InChI is InChI=1S/C12H8BrClN2O3/c13-9-3-6(14)1-2-10(9)19-11-8(12(17)18)4-7(15)5-16-11/h1-5H,15H2,(H,17,18). The number of nitrogen functional groups attached to an aromatic ring is 1. The highest BCUT2D eigenvalue weighted by Gasteiger charge is 2.15. The Hall–Kier alpha value is -1.79. The van der Waals surface area contributed by atoms with E-state index in [9.17, 15) is 4.79 Å². The number of ether oxygens (including phenoxy) is 1. The molecule has 3 N–H and O–H groups in total. The van der Waals surface area contributed by atoms with Gasteiger partial charge in [-0.2, -0.15) is 0 Å². The highest BCUT2D eigenvalue weighted by Crippen LogP contribution is 2.32. The van der Waals surface area contributed by atoms with Gasteiger partial charge in [0.1, 0.15) is 11.3 Å².